The summed E-state index contributed by atoms with van der Waals surface area (Å²) in [5.41, 5.74) is 4.29. The summed E-state index contributed by atoms with van der Waals surface area (Å²) in [4.78, 5) is 24.2. The molecule has 0 unspecified atom stereocenters. The lowest BCUT2D eigenvalue weighted by molar-refractivity contribution is -0.118. The van der Waals surface area contributed by atoms with Crippen molar-refractivity contribution >= 4 is 29.5 Å². The largest absolute Gasteiger partial charge is 0.495 e. The number of amides is 3. The van der Waals surface area contributed by atoms with Gasteiger partial charge in [-0.25, -0.2) is 10.2 Å². The molecule has 0 bridgehead atoms. The average molecular weight is 463 g/mol. The highest BCUT2D eigenvalue weighted by Crippen LogP contribution is 2.28. The first-order valence-corrected chi connectivity index (χ1v) is 10.6. The van der Waals surface area contributed by atoms with Crippen LogP contribution >= 0.6 is 0 Å². The lowest BCUT2D eigenvalue weighted by Gasteiger charge is -2.13. The summed E-state index contributed by atoms with van der Waals surface area (Å²) in [6.07, 6.45) is 1.48. The number of rotatable bonds is 10. The zero-order valence-corrected chi connectivity index (χ0v) is 18.9. The molecule has 3 amide bonds. The minimum Gasteiger partial charge on any atom is -0.495 e. The smallest absolute Gasteiger partial charge is 0.339 e. The molecular formula is C25H26N4O5. The van der Waals surface area contributed by atoms with Crippen molar-refractivity contribution in [1.29, 1.82) is 0 Å². The van der Waals surface area contributed by atoms with Crippen LogP contribution in [-0.2, 0) is 4.79 Å². The number of nitrogens with one attached hydrogen (secondary N) is 3. The molecule has 0 spiro atoms. The van der Waals surface area contributed by atoms with Gasteiger partial charge in [0.1, 0.15) is 5.75 Å². The SMILES string of the molecule is CCOc1cc(/C=N/NC(=O)Nc2ccccc2)ccc1OCC(=O)Nc1ccccc1OC. The number of hydrazone groups is 1. The van der Waals surface area contributed by atoms with Gasteiger partial charge in [0.05, 0.1) is 25.6 Å². The fraction of sp³-hybridized carbons (Fsp3) is 0.160. The van der Waals surface area contributed by atoms with E-state index in [0.717, 1.165) is 0 Å². The van der Waals surface area contributed by atoms with Crippen LogP contribution < -0.4 is 30.3 Å². The number of benzene rings is 3. The third-order valence-corrected chi connectivity index (χ3v) is 4.42. The van der Waals surface area contributed by atoms with Crippen LogP contribution in [0.1, 0.15) is 12.5 Å². The van der Waals surface area contributed by atoms with Crippen LogP contribution in [0.5, 0.6) is 17.2 Å². The number of carbonyl (C=O) groups excluding carboxylic acids is 2. The standard InChI is InChI=1S/C25H26N4O5/c1-3-33-23-15-18(16-26-29-25(31)27-19-9-5-4-6-10-19)13-14-22(23)34-17-24(30)28-20-11-7-8-12-21(20)32-2/h4-16H,3,17H2,1-2H3,(H,28,30)(H2,27,29,31)/b26-16+. The van der Waals surface area contributed by atoms with E-state index in [4.69, 9.17) is 14.2 Å². The Balaban J connectivity index is 1.57. The Bertz CT molecular complexity index is 1140. The van der Waals surface area contributed by atoms with Crippen LogP contribution in [0.15, 0.2) is 77.9 Å². The number of urea groups is 1. The first-order valence-electron chi connectivity index (χ1n) is 10.6. The van der Waals surface area contributed by atoms with Gasteiger partial charge in [0.25, 0.3) is 5.91 Å². The molecule has 0 heterocycles. The molecule has 0 aliphatic heterocycles. The van der Waals surface area contributed by atoms with E-state index in [9.17, 15) is 9.59 Å². The van der Waals surface area contributed by atoms with Crippen LogP contribution in [0.2, 0.25) is 0 Å². The van der Waals surface area contributed by atoms with Gasteiger partial charge in [0.15, 0.2) is 18.1 Å². The lowest BCUT2D eigenvalue weighted by atomic mass is 10.2. The molecule has 0 atom stereocenters. The second-order valence-electron chi connectivity index (χ2n) is 6.87. The fourth-order valence-electron chi connectivity index (χ4n) is 2.92. The normalized spacial score (nSPS) is 10.4. The summed E-state index contributed by atoms with van der Waals surface area (Å²) < 4.78 is 16.5. The monoisotopic (exact) mass is 462 g/mol. The van der Waals surface area contributed by atoms with Crippen molar-refractivity contribution in [3.63, 3.8) is 0 Å². The number of para-hydroxylation sites is 3. The maximum Gasteiger partial charge on any atom is 0.339 e. The summed E-state index contributed by atoms with van der Waals surface area (Å²) >= 11 is 0. The number of nitrogens with zero attached hydrogens (tertiary/aromatic N) is 1. The minimum absolute atomic E-state index is 0.216. The van der Waals surface area contributed by atoms with Crippen molar-refractivity contribution in [3.8, 4) is 17.2 Å². The predicted molar refractivity (Wildman–Crippen MR) is 131 cm³/mol. The molecule has 0 saturated heterocycles. The quantitative estimate of drug-likeness (QED) is 0.308. The van der Waals surface area contributed by atoms with Gasteiger partial charge >= 0.3 is 6.03 Å². The number of ether oxygens (including phenoxy) is 3. The molecule has 3 rings (SSSR count). The molecule has 0 aromatic heterocycles. The van der Waals surface area contributed by atoms with Crippen molar-refractivity contribution < 1.29 is 23.8 Å². The topological polar surface area (TPSA) is 110 Å². The molecule has 0 fully saturated rings. The van der Waals surface area contributed by atoms with E-state index in [1.54, 1.807) is 48.5 Å². The van der Waals surface area contributed by atoms with Crippen LogP contribution in [0.3, 0.4) is 0 Å². The Kier molecular flexibility index (Phi) is 8.86. The van der Waals surface area contributed by atoms with Crippen LogP contribution in [0.4, 0.5) is 16.2 Å². The Morgan fingerprint density at radius 3 is 2.41 bits per heavy atom. The van der Waals surface area contributed by atoms with E-state index in [2.05, 4.69) is 21.2 Å². The molecule has 3 aromatic carbocycles. The van der Waals surface area contributed by atoms with Crippen molar-refractivity contribution in [2.24, 2.45) is 5.10 Å². The summed E-state index contributed by atoms with van der Waals surface area (Å²) in [7, 11) is 1.53. The fourth-order valence-corrected chi connectivity index (χ4v) is 2.92. The Hall–Kier alpha value is -4.53. The van der Waals surface area contributed by atoms with E-state index in [1.165, 1.54) is 13.3 Å². The van der Waals surface area contributed by atoms with Gasteiger partial charge in [-0.1, -0.05) is 30.3 Å². The van der Waals surface area contributed by atoms with E-state index in [-0.39, 0.29) is 12.5 Å². The highest BCUT2D eigenvalue weighted by molar-refractivity contribution is 5.93. The van der Waals surface area contributed by atoms with Crippen LogP contribution in [-0.4, -0.2) is 38.5 Å². The van der Waals surface area contributed by atoms with Crippen molar-refractivity contribution in [2.45, 2.75) is 6.92 Å². The maximum atomic E-state index is 12.3. The second-order valence-corrected chi connectivity index (χ2v) is 6.87. The van der Waals surface area contributed by atoms with E-state index in [1.807, 2.05) is 31.2 Å². The minimum atomic E-state index is -0.464. The van der Waals surface area contributed by atoms with E-state index >= 15 is 0 Å². The van der Waals surface area contributed by atoms with Crippen molar-refractivity contribution in [3.05, 3.63) is 78.4 Å². The zero-order valence-electron chi connectivity index (χ0n) is 18.9. The van der Waals surface area contributed by atoms with Gasteiger partial charge in [-0.2, -0.15) is 5.10 Å². The Morgan fingerprint density at radius 2 is 1.65 bits per heavy atom. The van der Waals surface area contributed by atoms with Crippen LogP contribution in [0.25, 0.3) is 0 Å². The molecule has 176 valence electrons. The lowest BCUT2D eigenvalue weighted by Crippen LogP contribution is -2.24. The second kappa shape index (κ2) is 12.5. The predicted octanol–water partition coefficient (Wildman–Crippen LogP) is 4.27. The third kappa shape index (κ3) is 7.27. The number of carbonyl (C=O) groups is 2. The summed E-state index contributed by atoms with van der Waals surface area (Å²) in [6, 6.07) is 20.8. The number of hydrogen-bond donors (Lipinski definition) is 3. The van der Waals surface area contributed by atoms with E-state index < -0.39 is 6.03 Å². The third-order valence-electron chi connectivity index (χ3n) is 4.42. The van der Waals surface area contributed by atoms with Crippen LogP contribution in [0, 0.1) is 0 Å². The van der Waals surface area contributed by atoms with Crippen molar-refractivity contribution in [2.75, 3.05) is 31.0 Å². The van der Waals surface area contributed by atoms with E-state index in [0.29, 0.717) is 40.8 Å². The van der Waals surface area contributed by atoms with Gasteiger partial charge in [0, 0.05) is 5.69 Å². The Labute approximate surface area is 197 Å². The molecule has 34 heavy (non-hydrogen) atoms. The average Bonchev–Trinajstić information content (AvgIpc) is 2.84. The van der Waals surface area contributed by atoms with Gasteiger partial charge in [0.2, 0.25) is 0 Å². The van der Waals surface area contributed by atoms with Crippen molar-refractivity contribution in [1.82, 2.24) is 5.43 Å². The molecule has 3 aromatic rings. The first kappa shape index (κ1) is 24.1. The molecule has 9 heteroatoms. The summed E-state index contributed by atoms with van der Waals surface area (Å²) in [5, 5.41) is 9.37. The molecule has 9 nitrogen and oxygen atoms in total. The van der Waals surface area contributed by atoms with Gasteiger partial charge in [-0.05, 0) is 55.0 Å². The molecule has 0 radical (unpaired) electrons. The van der Waals surface area contributed by atoms with Gasteiger partial charge in [-0.15, -0.1) is 0 Å². The molecule has 0 aliphatic carbocycles. The Morgan fingerprint density at radius 1 is 0.882 bits per heavy atom. The number of anilines is 2. The summed E-state index contributed by atoms with van der Waals surface area (Å²) in [5.74, 6) is 1.07. The highest BCUT2D eigenvalue weighted by Gasteiger charge is 2.11. The zero-order chi connectivity index (χ0) is 24.2. The molecular weight excluding hydrogens is 436 g/mol. The maximum absolute atomic E-state index is 12.3. The number of hydrogen-bond acceptors (Lipinski definition) is 6. The summed E-state index contributed by atoms with van der Waals surface area (Å²) in [6.45, 7) is 2.03. The molecule has 0 aliphatic rings. The van der Waals surface area contributed by atoms with Gasteiger partial charge < -0.3 is 24.8 Å². The van der Waals surface area contributed by atoms with Gasteiger partial charge in [-0.3, -0.25) is 4.79 Å². The number of methoxy groups -OCH3 is 1. The highest BCUT2D eigenvalue weighted by atomic mass is 16.5. The first-order chi connectivity index (χ1) is 16.6. The molecule has 3 N–H and O–H groups in total. The molecule has 0 saturated carbocycles.